The van der Waals surface area contributed by atoms with Gasteiger partial charge in [-0.1, -0.05) is 0 Å². The van der Waals surface area contributed by atoms with Crippen molar-refractivity contribution in [3.05, 3.63) is 40.9 Å². The van der Waals surface area contributed by atoms with Gasteiger partial charge in [0.1, 0.15) is 17.0 Å². The maximum Gasteiger partial charge on any atom is 0.265 e. The Bertz CT molecular complexity index is 949. The maximum atomic E-state index is 12.9. The van der Waals surface area contributed by atoms with Gasteiger partial charge in [-0.05, 0) is 26.0 Å². The molecule has 0 aromatic carbocycles. The lowest BCUT2D eigenvalue weighted by molar-refractivity contribution is 0.398. The van der Waals surface area contributed by atoms with Crippen molar-refractivity contribution >= 4 is 16.7 Å². The van der Waals surface area contributed by atoms with E-state index in [9.17, 15) is 4.79 Å². The van der Waals surface area contributed by atoms with Crippen LogP contribution in [0.25, 0.3) is 22.3 Å². The van der Waals surface area contributed by atoms with E-state index in [1.807, 2.05) is 13.8 Å². The zero-order chi connectivity index (χ0) is 17.3. The van der Waals surface area contributed by atoms with Crippen LogP contribution in [0.4, 0.5) is 5.82 Å². The Balaban J connectivity index is 2.25. The number of rotatable bonds is 4. The second-order valence-electron chi connectivity index (χ2n) is 5.74. The molecule has 1 N–H and O–H groups in total. The van der Waals surface area contributed by atoms with Crippen molar-refractivity contribution in [2.75, 3.05) is 12.4 Å². The number of fused-ring (bicyclic) bond motifs is 1. The Kier molecular flexibility index (Phi) is 4.16. The van der Waals surface area contributed by atoms with Gasteiger partial charge in [-0.2, -0.15) is 0 Å². The molecule has 7 heteroatoms. The zero-order valence-electron chi connectivity index (χ0n) is 14.1. The van der Waals surface area contributed by atoms with E-state index in [1.54, 1.807) is 44.8 Å². The van der Waals surface area contributed by atoms with Crippen LogP contribution >= 0.6 is 0 Å². The Hall–Kier alpha value is -2.96. The van der Waals surface area contributed by atoms with Crippen molar-refractivity contribution in [3.63, 3.8) is 0 Å². The first-order chi connectivity index (χ1) is 11.5. The summed E-state index contributed by atoms with van der Waals surface area (Å²) < 4.78 is 6.67. The second kappa shape index (κ2) is 6.27. The monoisotopic (exact) mass is 325 g/mol. The first kappa shape index (κ1) is 15.9. The lowest BCUT2D eigenvalue weighted by Crippen LogP contribution is -2.23. The molecule has 0 radical (unpaired) electrons. The molecule has 0 amide bonds. The first-order valence-electron chi connectivity index (χ1n) is 7.64. The van der Waals surface area contributed by atoms with E-state index < -0.39 is 0 Å². The summed E-state index contributed by atoms with van der Waals surface area (Å²) in [5, 5.41) is 3.68. The SMILES string of the molecule is COc1cc(-c2nc3ccnc(NC(C)C)c3c(=O)n2C)ccn1. The average Bonchev–Trinajstić information content (AvgIpc) is 2.57. The molecule has 3 rings (SSSR count). The van der Waals surface area contributed by atoms with Crippen molar-refractivity contribution in [2.24, 2.45) is 7.05 Å². The molecule has 3 heterocycles. The third kappa shape index (κ3) is 2.80. The molecule has 0 bridgehead atoms. The Labute approximate surface area is 139 Å². The van der Waals surface area contributed by atoms with Gasteiger partial charge in [0.25, 0.3) is 5.56 Å². The molecule has 0 saturated heterocycles. The molecule has 0 aliphatic carbocycles. The van der Waals surface area contributed by atoms with E-state index >= 15 is 0 Å². The summed E-state index contributed by atoms with van der Waals surface area (Å²) in [4.78, 5) is 25.9. The van der Waals surface area contributed by atoms with Crippen LogP contribution in [-0.4, -0.2) is 32.7 Å². The minimum Gasteiger partial charge on any atom is -0.481 e. The maximum absolute atomic E-state index is 12.9. The second-order valence-corrected chi connectivity index (χ2v) is 5.74. The van der Waals surface area contributed by atoms with E-state index in [-0.39, 0.29) is 11.6 Å². The third-order valence-corrected chi connectivity index (χ3v) is 3.62. The van der Waals surface area contributed by atoms with Gasteiger partial charge in [-0.15, -0.1) is 0 Å². The normalized spacial score (nSPS) is 11.0. The van der Waals surface area contributed by atoms with Crippen LogP contribution in [0.2, 0.25) is 0 Å². The summed E-state index contributed by atoms with van der Waals surface area (Å²) in [7, 11) is 3.25. The summed E-state index contributed by atoms with van der Waals surface area (Å²) in [6.45, 7) is 3.99. The van der Waals surface area contributed by atoms with Gasteiger partial charge in [0.05, 0.1) is 12.6 Å². The van der Waals surface area contributed by atoms with Crippen LogP contribution in [0.15, 0.2) is 35.4 Å². The van der Waals surface area contributed by atoms with Crippen LogP contribution < -0.4 is 15.6 Å². The van der Waals surface area contributed by atoms with Gasteiger partial charge in [0.2, 0.25) is 5.88 Å². The predicted octanol–water partition coefficient (Wildman–Crippen LogP) is 2.22. The minimum atomic E-state index is -0.151. The Morgan fingerprint density at radius 1 is 1.21 bits per heavy atom. The van der Waals surface area contributed by atoms with Gasteiger partial charge >= 0.3 is 0 Å². The number of ether oxygens (including phenoxy) is 1. The highest BCUT2D eigenvalue weighted by Crippen LogP contribution is 2.23. The molecule has 3 aromatic heterocycles. The van der Waals surface area contributed by atoms with Crippen molar-refractivity contribution in [3.8, 4) is 17.3 Å². The molecule has 0 aliphatic rings. The molecule has 0 atom stereocenters. The molecule has 0 unspecified atom stereocenters. The van der Waals surface area contributed by atoms with Crippen molar-refractivity contribution in [2.45, 2.75) is 19.9 Å². The number of methoxy groups -OCH3 is 1. The van der Waals surface area contributed by atoms with Crippen molar-refractivity contribution in [1.29, 1.82) is 0 Å². The fourth-order valence-corrected chi connectivity index (χ4v) is 2.51. The number of nitrogens with one attached hydrogen (secondary N) is 1. The number of hydrogen-bond donors (Lipinski definition) is 1. The van der Waals surface area contributed by atoms with Gasteiger partial charge < -0.3 is 10.1 Å². The minimum absolute atomic E-state index is 0.151. The molecule has 0 saturated carbocycles. The Morgan fingerprint density at radius 2 is 1.96 bits per heavy atom. The van der Waals surface area contributed by atoms with Crippen LogP contribution in [0, 0.1) is 0 Å². The number of anilines is 1. The summed E-state index contributed by atoms with van der Waals surface area (Å²) in [6, 6.07) is 5.45. The summed E-state index contributed by atoms with van der Waals surface area (Å²) in [5.74, 6) is 1.57. The van der Waals surface area contributed by atoms with Gasteiger partial charge in [-0.3, -0.25) is 9.36 Å². The van der Waals surface area contributed by atoms with E-state index in [4.69, 9.17) is 4.74 Å². The molecule has 24 heavy (non-hydrogen) atoms. The molecule has 3 aromatic rings. The van der Waals surface area contributed by atoms with Crippen molar-refractivity contribution in [1.82, 2.24) is 19.5 Å². The van der Waals surface area contributed by atoms with E-state index in [1.165, 1.54) is 4.57 Å². The first-order valence-corrected chi connectivity index (χ1v) is 7.64. The lowest BCUT2D eigenvalue weighted by atomic mass is 10.2. The molecule has 7 nitrogen and oxygen atoms in total. The smallest absolute Gasteiger partial charge is 0.265 e. The number of pyridine rings is 2. The van der Waals surface area contributed by atoms with Gasteiger partial charge in [0, 0.05) is 37.1 Å². The number of nitrogens with zero attached hydrogens (tertiary/aromatic N) is 4. The van der Waals surface area contributed by atoms with Crippen LogP contribution in [0.1, 0.15) is 13.8 Å². The van der Waals surface area contributed by atoms with Gasteiger partial charge in [-0.25, -0.2) is 15.0 Å². The Morgan fingerprint density at radius 3 is 2.67 bits per heavy atom. The summed E-state index contributed by atoms with van der Waals surface area (Å²) in [6.07, 6.45) is 3.28. The quantitative estimate of drug-likeness (QED) is 0.792. The fourth-order valence-electron chi connectivity index (χ4n) is 2.51. The predicted molar refractivity (Wildman–Crippen MR) is 93.3 cm³/mol. The molecule has 0 spiro atoms. The van der Waals surface area contributed by atoms with Crippen molar-refractivity contribution < 1.29 is 4.74 Å². The third-order valence-electron chi connectivity index (χ3n) is 3.62. The standard InChI is InChI=1S/C17H19N5O2/c1-10(2)20-15-14-12(6-8-19-15)21-16(22(3)17(14)23)11-5-7-18-13(9-11)24-4/h5-10H,1-4H3,(H,19,20). The van der Waals surface area contributed by atoms with Gasteiger partial charge in [0.15, 0.2) is 0 Å². The lowest BCUT2D eigenvalue weighted by Gasteiger charge is -2.14. The van der Waals surface area contributed by atoms with Crippen LogP contribution in [-0.2, 0) is 7.05 Å². The molecular weight excluding hydrogens is 306 g/mol. The zero-order valence-corrected chi connectivity index (χ0v) is 14.1. The average molecular weight is 325 g/mol. The molecule has 0 aliphatic heterocycles. The number of aromatic nitrogens is 4. The highest BCUT2D eigenvalue weighted by Gasteiger charge is 2.15. The fraction of sp³-hybridized carbons (Fsp3) is 0.294. The topological polar surface area (TPSA) is 81.9 Å². The van der Waals surface area contributed by atoms with E-state index in [2.05, 4.69) is 20.3 Å². The largest absolute Gasteiger partial charge is 0.481 e. The van der Waals surface area contributed by atoms with E-state index in [0.29, 0.717) is 28.4 Å². The molecular formula is C17H19N5O2. The highest BCUT2D eigenvalue weighted by molar-refractivity contribution is 5.89. The summed E-state index contributed by atoms with van der Waals surface area (Å²) >= 11 is 0. The highest BCUT2D eigenvalue weighted by atomic mass is 16.5. The summed E-state index contributed by atoms with van der Waals surface area (Å²) in [5.41, 5.74) is 1.21. The van der Waals surface area contributed by atoms with Crippen LogP contribution in [0.3, 0.4) is 0 Å². The van der Waals surface area contributed by atoms with E-state index in [0.717, 1.165) is 5.56 Å². The number of hydrogen-bond acceptors (Lipinski definition) is 6. The molecule has 0 fully saturated rings. The van der Waals surface area contributed by atoms with Crippen LogP contribution in [0.5, 0.6) is 5.88 Å². The molecule has 124 valence electrons.